The number of hydrogen-bond acceptors (Lipinski definition) is 4. The molecule has 0 aromatic heterocycles. The van der Waals surface area contributed by atoms with Crippen LogP contribution in [-0.4, -0.2) is 32.3 Å². The highest BCUT2D eigenvalue weighted by Gasteiger charge is 2.31. The molecule has 1 atom stereocenters. The van der Waals surface area contributed by atoms with E-state index >= 15 is 0 Å². The Bertz CT molecular complexity index is 652. The van der Waals surface area contributed by atoms with Gasteiger partial charge in [0.25, 0.3) is 0 Å². The fourth-order valence-corrected chi connectivity index (χ4v) is 3.74. The van der Waals surface area contributed by atoms with Crippen LogP contribution in [0.4, 0.5) is 0 Å². The van der Waals surface area contributed by atoms with Gasteiger partial charge in [0.15, 0.2) is 5.78 Å². The van der Waals surface area contributed by atoms with Crippen LogP contribution in [0.1, 0.15) is 48.5 Å². The molecule has 0 aliphatic heterocycles. The lowest BCUT2D eigenvalue weighted by Gasteiger charge is -2.12. The molecular formula is C15H19ClO4S. The van der Waals surface area contributed by atoms with Crippen LogP contribution >= 0.6 is 11.6 Å². The first-order chi connectivity index (χ1) is 9.85. The number of carbonyl (C=O) groups excluding carboxylic acids is 1. The van der Waals surface area contributed by atoms with Crippen LogP contribution in [0, 0.1) is 0 Å². The summed E-state index contributed by atoms with van der Waals surface area (Å²) in [7, 11) is -2.98. The van der Waals surface area contributed by atoms with E-state index in [2.05, 4.69) is 0 Å². The van der Waals surface area contributed by atoms with E-state index in [9.17, 15) is 13.2 Å². The predicted octanol–water partition coefficient (Wildman–Crippen LogP) is 3.23. The number of hydrogen-bond donors (Lipinski definition) is 0. The first-order valence-electron chi connectivity index (χ1n) is 7.04. The lowest BCUT2D eigenvalue weighted by Crippen LogP contribution is -2.12. The standard InChI is InChI=1S/C15H19ClO4S/c1-3-21(18,19)8-4-7-20-13-6-5-11(16)14-10(2)9-12(17)15(13)14/h5-6,10H,3-4,7-9H2,1-2H3/t10-/m0/s1. The largest absolute Gasteiger partial charge is 0.493 e. The molecule has 1 aliphatic carbocycles. The Morgan fingerprint density at radius 2 is 2.10 bits per heavy atom. The van der Waals surface area contributed by atoms with Gasteiger partial charge in [-0.25, -0.2) is 8.42 Å². The van der Waals surface area contributed by atoms with Gasteiger partial charge in [-0.15, -0.1) is 0 Å². The van der Waals surface area contributed by atoms with E-state index in [-0.39, 0.29) is 29.8 Å². The van der Waals surface area contributed by atoms with Gasteiger partial charge in [-0.1, -0.05) is 25.4 Å². The number of sulfone groups is 1. The van der Waals surface area contributed by atoms with E-state index in [0.717, 1.165) is 5.56 Å². The maximum Gasteiger partial charge on any atom is 0.167 e. The molecule has 0 bridgehead atoms. The maximum atomic E-state index is 12.1. The highest BCUT2D eigenvalue weighted by atomic mass is 35.5. The number of fused-ring (bicyclic) bond motifs is 1. The topological polar surface area (TPSA) is 60.4 Å². The molecule has 0 fully saturated rings. The molecule has 0 spiro atoms. The van der Waals surface area contributed by atoms with E-state index in [0.29, 0.717) is 29.2 Å². The molecule has 4 nitrogen and oxygen atoms in total. The van der Waals surface area contributed by atoms with Gasteiger partial charge in [0.05, 0.1) is 17.9 Å². The lowest BCUT2D eigenvalue weighted by atomic mass is 10.0. The van der Waals surface area contributed by atoms with Crippen molar-refractivity contribution >= 4 is 27.2 Å². The third-order valence-corrected chi connectivity index (χ3v) is 5.83. The Morgan fingerprint density at radius 3 is 2.76 bits per heavy atom. The van der Waals surface area contributed by atoms with Gasteiger partial charge in [-0.2, -0.15) is 0 Å². The maximum absolute atomic E-state index is 12.1. The summed E-state index contributed by atoms with van der Waals surface area (Å²) in [5.41, 5.74) is 1.41. The molecule has 1 aliphatic rings. The van der Waals surface area contributed by atoms with E-state index in [1.807, 2.05) is 6.92 Å². The Kier molecular flexibility index (Phi) is 4.94. The molecule has 0 saturated heterocycles. The van der Waals surface area contributed by atoms with Crippen LogP contribution < -0.4 is 4.74 Å². The van der Waals surface area contributed by atoms with E-state index in [4.69, 9.17) is 16.3 Å². The summed E-state index contributed by atoms with van der Waals surface area (Å²) in [4.78, 5) is 12.1. The molecule has 0 unspecified atom stereocenters. The van der Waals surface area contributed by atoms with Crippen LogP contribution in [0.15, 0.2) is 12.1 Å². The minimum absolute atomic E-state index is 0.0381. The minimum atomic E-state index is -2.98. The summed E-state index contributed by atoms with van der Waals surface area (Å²) in [5, 5.41) is 0.587. The number of benzene rings is 1. The van der Waals surface area contributed by atoms with Gasteiger partial charge in [0.2, 0.25) is 0 Å². The molecule has 116 valence electrons. The number of carbonyl (C=O) groups is 1. The Morgan fingerprint density at radius 1 is 1.38 bits per heavy atom. The summed E-state index contributed by atoms with van der Waals surface area (Å²) in [6, 6.07) is 3.42. The number of ketones is 1. The molecule has 1 aromatic rings. The van der Waals surface area contributed by atoms with Crippen molar-refractivity contribution in [1.29, 1.82) is 0 Å². The van der Waals surface area contributed by atoms with Crippen molar-refractivity contribution in [1.82, 2.24) is 0 Å². The van der Waals surface area contributed by atoms with Crippen molar-refractivity contribution in [3.8, 4) is 5.75 Å². The highest BCUT2D eigenvalue weighted by molar-refractivity contribution is 7.91. The van der Waals surface area contributed by atoms with Gasteiger partial charge in [0, 0.05) is 17.2 Å². The van der Waals surface area contributed by atoms with Crippen LogP contribution in [0.3, 0.4) is 0 Å². The molecule has 0 saturated carbocycles. The SMILES string of the molecule is CCS(=O)(=O)CCCOc1ccc(Cl)c2c1C(=O)C[C@@H]2C. The zero-order chi connectivity index (χ0) is 15.6. The summed E-state index contributed by atoms with van der Waals surface area (Å²) < 4.78 is 28.4. The van der Waals surface area contributed by atoms with E-state index < -0.39 is 9.84 Å². The van der Waals surface area contributed by atoms with Crippen molar-refractivity contribution in [3.05, 3.63) is 28.3 Å². The molecule has 0 N–H and O–H groups in total. The van der Waals surface area contributed by atoms with Crippen molar-refractivity contribution in [2.75, 3.05) is 18.1 Å². The number of halogens is 1. The van der Waals surface area contributed by atoms with Crippen molar-refractivity contribution in [2.45, 2.75) is 32.6 Å². The third-order valence-electron chi connectivity index (χ3n) is 3.71. The van der Waals surface area contributed by atoms with Gasteiger partial charge in [-0.3, -0.25) is 4.79 Å². The fourth-order valence-electron chi connectivity index (χ4n) is 2.55. The molecule has 0 heterocycles. The van der Waals surface area contributed by atoms with Crippen LogP contribution in [0.25, 0.3) is 0 Å². The smallest absolute Gasteiger partial charge is 0.167 e. The molecule has 2 rings (SSSR count). The van der Waals surface area contributed by atoms with Gasteiger partial charge in [0.1, 0.15) is 15.6 Å². The fraction of sp³-hybridized carbons (Fsp3) is 0.533. The molecule has 0 radical (unpaired) electrons. The summed E-state index contributed by atoms with van der Waals surface area (Å²) in [6.07, 6.45) is 0.858. The molecule has 1 aromatic carbocycles. The van der Waals surface area contributed by atoms with E-state index in [1.165, 1.54) is 0 Å². The summed E-state index contributed by atoms with van der Waals surface area (Å²) in [5.74, 6) is 0.890. The number of rotatable bonds is 6. The van der Waals surface area contributed by atoms with Crippen molar-refractivity contribution in [3.63, 3.8) is 0 Å². The second-order valence-corrected chi connectivity index (χ2v) is 8.18. The zero-order valence-electron chi connectivity index (χ0n) is 12.2. The molecule has 21 heavy (non-hydrogen) atoms. The summed E-state index contributed by atoms with van der Waals surface area (Å²) >= 11 is 6.15. The number of ether oxygens (including phenoxy) is 1. The first kappa shape index (κ1) is 16.3. The third kappa shape index (κ3) is 3.58. The number of Topliss-reactive ketones (excluding diaryl/α,β-unsaturated/α-hetero) is 1. The van der Waals surface area contributed by atoms with Crippen molar-refractivity contribution < 1.29 is 17.9 Å². The van der Waals surface area contributed by atoms with Gasteiger partial charge >= 0.3 is 0 Å². The predicted molar refractivity (Wildman–Crippen MR) is 83.3 cm³/mol. The zero-order valence-corrected chi connectivity index (χ0v) is 13.8. The van der Waals surface area contributed by atoms with Crippen LogP contribution in [0.5, 0.6) is 5.75 Å². The summed E-state index contributed by atoms with van der Waals surface area (Å²) in [6.45, 7) is 3.87. The Balaban J connectivity index is 2.08. The van der Waals surface area contributed by atoms with Crippen LogP contribution in [-0.2, 0) is 9.84 Å². The average molecular weight is 331 g/mol. The van der Waals surface area contributed by atoms with Gasteiger partial charge < -0.3 is 4.74 Å². The minimum Gasteiger partial charge on any atom is -0.493 e. The molecule has 0 amide bonds. The first-order valence-corrected chi connectivity index (χ1v) is 9.24. The second kappa shape index (κ2) is 6.36. The van der Waals surface area contributed by atoms with Crippen LogP contribution in [0.2, 0.25) is 5.02 Å². The molecular weight excluding hydrogens is 312 g/mol. The Hall–Kier alpha value is -1.07. The average Bonchev–Trinajstić information content (AvgIpc) is 2.73. The Labute approximate surface area is 130 Å². The van der Waals surface area contributed by atoms with Crippen molar-refractivity contribution in [2.24, 2.45) is 0 Å². The quantitative estimate of drug-likeness (QED) is 0.751. The van der Waals surface area contributed by atoms with E-state index in [1.54, 1.807) is 19.1 Å². The highest BCUT2D eigenvalue weighted by Crippen LogP contribution is 2.42. The second-order valence-electron chi connectivity index (χ2n) is 5.30. The normalized spacial score (nSPS) is 17.9. The van der Waals surface area contributed by atoms with Gasteiger partial charge in [-0.05, 0) is 30.0 Å². The monoisotopic (exact) mass is 330 g/mol. The molecule has 6 heteroatoms. The lowest BCUT2D eigenvalue weighted by molar-refractivity contribution is 0.0987.